The molecule has 0 aromatic heterocycles. The zero-order chi connectivity index (χ0) is 20.0. The van der Waals surface area contributed by atoms with Gasteiger partial charge in [-0.1, -0.05) is 36.4 Å². The number of rotatable bonds is 9. The van der Waals surface area contributed by atoms with Crippen molar-refractivity contribution in [2.45, 2.75) is 30.2 Å². The Morgan fingerprint density at radius 1 is 0.929 bits per heavy atom. The van der Waals surface area contributed by atoms with Gasteiger partial charge in [0.05, 0.1) is 23.0 Å². The topological polar surface area (TPSA) is 80.8 Å². The maximum absolute atomic E-state index is 12.8. The van der Waals surface area contributed by atoms with Crippen LogP contribution in [0.4, 0.5) is 0 Å². The summed E-state index contributed by atoms with van der Waals surface area (Å²) in [6.45, 7) is 0.668. The van der Waals surface area contributed by atoms with Crippen molar-refractivity contribution in [3.05, 3.63) is 60.7 Å². The van der Waals surface area contributed by atoms with Crippen molar-refractivity contribution in [2.75, 3.05) is 24.7 Å². The third-order valence-corrected chi connectivity index (χ3v) is 8.57. The molecule has 0 saturated carbocycles. The summed E-state index contributed by atoms with van der Waals surface area (Å²) < 4.78 is 57.7. The van der Waals surface area contributed by atoms with Gasteiger partial charge in [-0.2, -0.15) is 4.31 Å². The van der Waals surface area contributed by atoms with Gasteiger partial charge in [0.25, 0.3) is 0 Å². The molecule has 1 aliphatic rings. The fourth-order valence-electron chi connectivity index (χ4n) is 3.38. The molecule has 152 valence electrons. The molecule has 2 aromatic rings. The maximum atomic E-state index is 12.8. The summed E-state index contributed by atoms with van der Waals surface area (Å²) in [5, 5.41) is 0. The van der Waals surface area contributed by atoms with Crippen LogP contribution in [-0.4, -0.2) is 51.8 Å². The summed E-state index contributed by atoms with van der Waals surface area (Å²) in [5.74, 6) is 0.464. The number of para-hydroxylation sites is 1. The minimum absolute atomic E-state index is 0.0539. The van der Waals surface area contributed by atoms with E-state index in [1.807, 2.05) is 30.3 Å². The monoisotopic (exact) mass is 423 g/mol. The summed E-state index contributed by atoms with van der Waals surface area (Å²) in [6, 6.07) is 16.9. The van der Waals surface area contributed by atoms with Crippen molar-refractivity contribution in [2.24, 2.45) is 0 Å². The molecule has 1 unspecified atom stereocenters. The molecule has 0 amide bonds. The Bertz CT molecular complexity index is 960. The maximum Gasteiger partial charge on any atom is 0.214 e. The first-order valence-electron chi connectivity index (χ1n) is 9.34. The molecule has 1 fully saturated rings. The largest absolute Gasteiger partial charge is 0.494 e. The van der Waals surface area contributed by atoms with Crippen LogP contribution in [0.2, 0.25) is 0 Å². The molecule has 8 heteroatoms. The molecule has 1 heterocycles. The van der Waals surface area contributed by atoms with Crippen LogP contribution in [-0.2, 0) is 19.9 Å². The van der Waals surface area contributed by atoms with Crippen LogP contribution in [0.3, 0.4) is 0 Å². The first kappa shape index (κ1) is 20.8. The number of ether oxygens (including phenoxy) is 1. The van der Waals surface area contributed by atoms with Gasteiger partial charge in [0.15, 0.2) is 9.84 Å². The van der Waals surface area contributed by atoms with Crippen LogP contribution in [0.1, 0.15) is 19.3 Å². The predicted octanol–water partition coefficient (Wildman–Crippen LogP) is 2.72. The molecule has 0 N–H and O–H groups in total. The van der Waals surface area contributed by atoms with Crippen LogP contribution in [0.25, 0.3) is 0 Å². The van der Waals surface area contributed by atoms with Crippen molar-refractivity contribution < 1.29 is 21.6 Å². The van der Waals surface area contributed by atoms with Crippen LogP contribution in [0.5, 0.6) is 5.75 Å². The molecule has 0 bridgehead atoms. The van der Waals surface area contributed by atoms with E-state index in [1.54, 1.807) is 30.3 Å². The van der Waals surface area contributed by atoms with Crippen LogP contribution in [0, 0.1) is 0 Å². The number of nitrogens with zero attached hydrogens (tertiary/aromatic N) is 1. The predicted molar refractivity (Wildman–Crippen MR) is 109 cm³/mol. The lowest BCUT2D eigenvalue weighted by molar-refractivity contribution is 0.315. The van der Waals surface area contributed by atoms with Crippen molar-refractivity contribution in [1.29, 1.82) is 0 Å². The fraction of sp³-hybridized carbons (Fsp3) is 0.400. The molecular formula is C20H25NO5S2. The van der Waals surface area contributed by atoms with Gasteiger partial charge in [0.2, 0.25) is 10.0 Å². The Balaban J connectivity index is 1.58. The summed E-state index contributed by atoms with van der Waals surface area (Å²) in [4.78, 5) is 0.232. The smallest absolute Gasteiger partial charge is 0.214 e. The Kier molecular flexibility index (Phi) is 6.74. The standard InChI is InChI=1S/C20H25NO5S2/c22-27(23,20-12-5-2-6-13-20)17-18-9-7-14-21(18)28(24,25)16-8-15-26-19-10-3-1-4-11-19/h1-6,10-13,18H,7-9,14-17H2. The lowest BCUT2D eigenvalue weighted by atomic mass is 10.3. The molecule has 2 aromatic carbocycles. The summed E-state index contributed by atoms with van der Waals surface area (Å²) in [6.07, 6.45) is 1.59. The molecule has 28 heavy (non-hydrogen) atoms. The van der Waals surface area contributed by atoms with Gasteiger partial charge in [-0.25, -0.2) is 16.8 Å². The molecule has 1 aliphatic heterocycles. The number of benzene rings is 2. The average molecular weight is 424 g/mol. The minimum atomic E-state index is -3.53. The van der Waals surface area contributed by atoms with Crippen molar-refractivity contribution >= 4 is 19.9 Å². The van der Waals surface area contributed by atoms with Gasteiger partial charge in [0.1, 0.15) is 5.75 Å². The van der Waals surface area contributed by atoms with E-state index in [9.17, 15) is 16.8 Å². The number of hydrogen-bond acceptors (Lipinski definition) is 5. The van der Waals surface area contributed by atoms with E-state index in [0.29, 0.717) is 38.2 Å². The van der Waals surface area contributed by atoms with Gasteiger partial charge in [-0.05, 0) is 43.5 Å². The summed E-state index contributed by atoms with van der Waals surface area (Å²) in [5.41, 5.74) is 0. The molecule has 1 atom stereocenters. The van der Waals surface area contributed by atoms with Gasteiger partial charge in [-0.15, -0.1) is 0 Å². The lowest BCUT2D eigenvalue weighted by Crippen LogP contribution is -2.41. The number of hydrogen-bond donors (Lipinski definition) is 0. The minimum Gasteiger partial charge on any atom is -0.494 e. The van der Waals surface area contributed by atoms with E-state index in [-0.39, 0.29) is 16.4 Å². The molecule has 3 rings (SSSR count). The highest BCUT2D eigenvalue weighted by Gasteiger charge is 2.36. The molecule has 6 nitrogen and oxygen atoms in total. The highest BCUT2D eigenvalue weighted by molar-refractivity contribution is 7.91. The van der Waals surface area contributed by atoms with Crippen molar-refractivity contribution in [1.82, 2.24) is 4.31 Å². The lowest BCUT2D eigenvalue weighted by Gasteiger charge is -2.24. The van der Waals surface area contributed by atoms with Gasteiger partial charge in [0, 0.05) is 12.6 Å². The zero-order valence-corrected chi connectivity index (χ0v) is 17.2. The van der Waals surface area contributed by atoms with E-state index >= 15 is 0 Å². The van der Waals surface area contributed by atoms with Crippen LogP contribution < -0.4 is 4.74 Å². The fourth-order valence-corrected chi connectivity index (χ4v) is 6.86. The second kappa shape index (κ2) is 9.07. The molecule has 1 saturated heterocycles. The molecule has 0 spiro atoms. The van der Waals surface area contributed by atoms with E-state index in [0.717, 1.165) is 0 Å². The van der Waals surface area contributed by atoms with E-state index in [2.05, 4.69) is 0 Å². The molecule has 0 radical (unpaired) electrons. The van der Waals surface area contributed by atoms with Crippen molar-refractivity contribution in [3.8, 4) is 5.75 Å². The van der Waals surface area contributed by atoms with Crippen LogP contribution >= 0.6 is 0 Å². The summed E-state index contributed by atoms with van der Waals surface area (Å²) >= 11 is 0. The first-order chi connectivity index (χ1) is 13.4. The number of sulfonamides is 1. The Morgan fingerprint density at radius 3 is 2.25 bits per heavy atom. The number of sulfone groups is 1. The Labute approximate surface area is 167 Å². The third-order valence-electron chi connectivity index (χ3n) is 4.75. The van der Waals surface area contributed by atoms with Gasteiger partial charge in [-0.3, -0.25) is 0 Å². The average Bonchev–Trinajstić information content (AvgIpc) is 3.15. The Morgan fingerprint density at radius 2 is 1.57 bits per heavy atom. The van der Waals surface area contributed by atoms with E-state index in [1.165, 1.54) is 4.31 Å². The van der Waals surface area contributed by atoms with E-state index in [4.69, 9.17) is 4.74 Å². The second-order valence-corrected chi connectivity index (χ2v) is 10.9. The van der Waals surface area contributed by atoms with Gasteiger partial charge >= 0.3 is 0 Å². The quantitative estimate of drug-likeness (QED) is 0.580. The highest BCUT2D eigenvalue weighted by atomic mass is 32.2. The normalized spacial score (nSPS) is 18.2. The molecule has 0 aliphatic carbocycles. The second-order valence-electron chi connectivity index (χ2n) is 6.83. The first-order valence-corrected chi connectivity index (χ1v) is 12.6. The van der Waals surface area contributed by atoms with Gasteiger partial charge < -0.3 is 4.74 Å². The SMILES string of the molecule is O=S(=O)(CC1CCCN1S(=O)(=O)CCCOc1ccccc1)c1ccccc1. The zero-order valence-electron chi connectivity index (χ0n) is 15.6. The summed E-state index contributed by atoms with van der Waals surface area (Å²) in [7, 11) is -7.06. The highest BCUT2D eigenvalue weighted by Crippen LogP contribution is 2.25. The van der Waals surface area contributed by atoms with Crippen molar-refractivity contribution in [3.63, 3.8) is 0 Å². The Hall–Kier alpha value is -1.90. The van der Waals surface area contributed by atoms with E-state index < -0.39 is 25.9 Å². The third kappa shape index (κ3) is 5.33. The molecular weight excluding hydrogens is 398 g/mol. The van der Waals surface area contributed by atoms with Crippen LogP contribution in [0.15, 0.2) is 65.6 Å².